The van der Waals surface area contributed by atoms with Crippen molar-refractivity contribution in [2.24, 2.45) is 5.92 Å². The molecule has 0 fully saturated rings. The van der Waals surface area contributed by atoms with Gasteiger partial charge < -0.3 is 9.84 Å². The van der Waals surface area contributed by atoms with Crippen molar-refractivity contribution in [1.29, 1.82) is 0 Å². The van der Waals surface area contributed by atoms with E-state index in [1.165, 1.54) is 11.1 Å². The first-order chi connectivity index (χ1) is 12.5. The first-order valence-corrected chi connectivity index (χ1v) is 9.57. The predicted octanol–water partition coefficient (Wildman–Crippen LogP) is 3.79. The minimum atomic E-state index is -0.153. The molecule has 0 bridgehead atoms. The van der Waals surface area contributed by atoms with E-state index in [-0.39, 0.29) is 11.9 Å². The molecule has 1 aliphatic heterocycles. The van der Waals surface area contributed by atoms with Crippen LogP contribution in [0, 0.1) is 5.92 Å². The highest BCUT2D eigenvalue weighted by Gasteiger charge is 2.19. The Bertz CT molecular complexity index is 738. The zero-order valence-electron chi connectivity index (χ0n) is 16.0. The smallest absolute Gasteiger partial charge is 0.273 e. The number of carbonyl (C=O) groups is 1. The highest BCUT2D eigenvalue weighted by Crippen LogP contribution is 2.20. The quantitative estimate of drug-likeness (QED) is 0.821. The molecule has 1 aromatic carbocycles. The minimum Gasteiger partial charge on any atom is -0.359 e. The van der Waals surface area contributed by atoms with Gasteiger partial charge in [-0.1, -0.05) is 43.3 Å². The summed E-state index contributed by atoms with van der Waals surface area (Å²) in [6.07, 6.45) is 3.12. The van der Waals surface area contributed by atoms with Crippen LogP contribution >= 0.6 is 0 Å². The van der Waals surface area contributed by atoms with E-state index in [0.29, 0.717) is 18.2 Å². The molecule has 0 saturated carbocycles. The molecule has 5 nitrogen and oxygen atoms in total. The zero-order valence-corrected chi connectivity index (χ0v) is 16.0. The van der Waals surface area contributed by atoms with Gasteiger partial charge in [0, 0.05) is 25.2 Å². The van der Waals surface area contributed by atoms with E-state index >= 15 is 0 Å². The normalized spacial score (nSPS) is 15.7. The standard InChI is InChI=1S/C21H29N3O2/c1-15(2)8-9-16(3)22-21(25)20-12-19(26-23-20)14-24-11-10-17-6-4-5-7-18(17)13-24/h4-7,12,15-16H,8-11,13-14H2,1-3H3,(H,22,25)/t16-/m0/s1. The van der Waals surface area contributed by atoms with Crippen LogP contribution in [0.15, 0.2) is 34.9 Å². The van der Waals surface area contributed by atoms with Crippen molar-refractivity contribution in [3.8, 4) is 0 Å². The average Bonchev–Trinajstić information content (AvgIpc) is 3.08. The molecule has 0 unspecified atom stereocenters. The van der Waals surface area contributed by atoms with Crippen molar-refractivity contribution >= 4 is 5.91 Å². The molecule has 0 radical (unpaired) electrons. The van der Waals surface area contributed by atoms with Gasteiger partial charge in [-0.2, -0.15) is 0 Å². The summed E-state index contributed by atoms with van der Waals surface area (Å²) in [6.45, 7) is 9.00. The summed E-state index contributed by atoms with van der Waals surface area (Å²) in [7, 11) is 0. The molecule has 0 spiro atoms. The summed E-state index contributed by atoms with van der Waals surface area (Å²) in [4.78, 5) is 14.7. The van der Waals surface area contributed by atoms with Gasteiger partial charge in [0.05, 0.1) is 6.54 Å². The monoisotopic (exact) mass is 355 g/mol. The second kappa shape index (κ2) is 8.49. The number of aromatic nitrogens is 1. The number of carbonyl (C=O) groups excluding carboxylic acids is 1. The lowest BCUT2D eigenvalue weighted by atomic mass is 10.00. The number of hydrogen-bond donors (Lipinski definition) is 1. The number of benzene rings is 1. The molecule has 140 valence electrons. The van der Waals surface area contributed by atoms with Gasteiger partial charge in [0.25, 0.3) is 5.91 Å². The van der Waals surface area contributed by atoms with Gasteiger partial charge in [-0.05, 0) is 43.2 Å². The SMILES string of the molecule is CC(C)CC[C@H](C)NC(=O)c1cc(CN2CCc3ccccc3C2)on1. The number of nitrogens with one attached hydrogen (secondary N) is 1. The fourth-order valence-corrected chi connectivity index (χ4v) is 3.36. The van der Waals surface area contributed by atoms with E-state index < -0.39 is 0 Å². The van der Waals surface area contributed by atoms with Crippen LogP contribution in [-0.2, 0) is 19.5 Å². The fourth-order valence-electron chi connectivity index (χ4n) is 3.36. The van der Waals surface area contributed by atoms with Crippen molar-refractivity contribution < 1.29 is 9.32 Å². The molecule has 0 saturated heterocycles. The molecular formula is C21H29N3O2. The van der Waals surface area contributed by atoms with Crippen molar-refractivity contribution in [2.75, 3.05) is 6.54 Å². The summed E-state index contributed by atoms with van der Waals surface area (Å²) in [5, 5.41) is 6.97. The van der Waals surface area contributed by atoms with E-state index in [9.17, 15) is 4.79 Å². The molecule has 5 heteroatoms. The van der Waals surface area contributed by atoms with Gasteiger partial charge in [0.2, 0.25) is 0 Å². The summed E-state index contributed by atoms with van der Waals surface area (Å²) < 4.78 is 5.40. The Hall–Kier alpha value is -2.14. The summed E-state index contributed by atoms with van der Waals surface area (Å²) >= 11 is 0. The van der Waals surface area contributed by atoms with Crippen LogP contribution in [0.5, 0.6) is 0 Å². The van der Waals surface area contributed by atoms with E-state index in [2.05, 4.69) is 53.5 Å². The third-order valence-electron chi connectivity index (χ3n) is 4.94. The van der Waals surface area contributed by atoms with Gasteiger partial charge in [0.1, 0.15) is 0 Å². The van der Waals surface area contributed by atoms with Gasteiger partial charge in [-0.15, -0.1) is 0 Å². The molecular weight excluding hydrogens is 326 g/mol. The van der Waals surface area contributed by atoms with Crippen molar-refractivity contribution in [3.63, 3.8) is 0 Å². The van der Waals surface area contributed by atoms with Crippen LogP contribution in [0.25, 0.3) is 0 Å². The maximum atomic E-state index is 12.3. The van der Waals surface area contributed by atoms with Gasteiger partial charge in [-0.3, -0.25) is 9.69 Å². The molecule has 2 heterocycles. The predicted molar refractivity (Wildman–Crippen MR) is 102 cm³/mol. The third-order valence-corrected chi connectivity index (χ3v) is 4.94. The van der Waals surface area contributed by atoms with Crippen LogP contribution < -0.4 is 5.32 Å². The Kier molecular flexibility index (Phi) is 6.09. The average molecular weight is 355 g/mol. The van der Waals surface area contributed by atoms with Gasteiger partial charge in [-0.25, -0.2) is 0 Å². The Balaban J connectivity index is 1.52. The molecule has 3 rings (SSSR count). The Morgan fingerprint density at radius 3 is 2.77 bits per heavy atom. The van der Waals surface area contributed by atoms with E-state index in [1.54, 1.807) is 6.07 Å². The van der Waals surface area contributed by atoms with Crippen LogP contribution in [0.3, 0.4) is 0 Å². The maximum absolute atomic E-state index is 12.3. The number of nitrogens with zero attached hydrogens (tertiary/aromatic N) is 2. The highest BCUT2D eigenvalue weighted by molar-refractivity contribution is 5.92. The molecule has 2 aromatic rings. The van der Waals surface area contributed by atoms with Gasteiger partial charge >= 0.3 is 0 Å². The number of amides is 1. The first kappa shape index (κ1) is 18.6. The van der Waals surface area contributed by atoms with Crippen LogP contribution in [0.4, 0.5) is 0 Å². The molecule has 1 aliphatic rings. The largest absolute Gasteiger partial charge is 0.359 e. The lowest BCUT2D eigenvalue weighted by Crippen LogP contribution is -2.33. The molecule has 1 aromatic heterocycles. The Morgan fingerprint density at radius 1 is 1.23 bits per heavy atom. The van der Waals surface area contributed by atoms with Crippen LogP contribution in [-0.4, -0.2) is 28.6 Å². The van der Waals surface area contributed by atoms with Crippen LogP contribution in [0.2, 0.25) is 0 Å². The van der Waals surface area contributed by atoms with Crippen molar-refractivity contribution in [2.45, 2.75) is 59.2 Å². The van der Waals surface area contributed by atoms with E-state index in [4.69, 9.17) is 4.52 Å². The molecule has 1 atom stereocenters. The Labute approximate surface area is 155 Å². The lowest BCUT2D eigenvalue weighted by Gasteiger charge is -2.27. The summed E-state index contributed by atoms with van der Waals surface area (Å²) in [5.74, 6) is 1.23. The topological polar surface area (TPSA) is 58.4 Å². The maximum Gasteiger partial charge on any atom is 0.273 e. The number of fused-ring (bicyclic) bond motifs is 1. The first-order valence-electron chi connectivity index (χ1n) is 9.57. The summed E-state index contributed by atoms with van der Waals surface area (Å²) in [5.41, 5.74) is 3.17. The van der Waals surface area contributed by atoms with Crippen molar-refractivity contribution in [1.82, 2.24) is 15.4 Å². The van der Waals surface area contributed by atoms with E-state index in [0.717, 1.165) is 38.1 Å². The van der Waals surface area contributed by atoms with Gasteiger partial charge in [0.15, 0.2) is 11.5 Å². The fraction of sp³-hybridized carbons (Fsp3) is 0.524. The lowest BCUT2D eigenvalue weighted by molar-refractivity contribution is 0.0928. The third kappa shape index (κ3) is 4.94. The van der Waals surface area contributed by atoms with Crippen LogP contribution in [0.1, 0.15) is 61.0 Å². The summed E-state index contributed by atoms with van der Waals surface area (Å²) in [6, 6.07) is 10.5. The minimum absolute atomic E-state index is 0.142. The van der Waals surface area contributed by atoms with Crippen molar-refractivity contribution in [3.05, 3.63) is 52.9 Å². The molecule has 0 aliphatic carbocycles. The Morgan fingerprint density at radius 2 is 2.00 bits per heavy atom. The number of hydrogen-bond acceptors (Lipinski definition) is 4. The second-order valence-electron chi connectivity index (χ2n) is 7.75. The zero-order chi connectivity index (χ0) is 18.5. The number of rotatable bonds is 7. The highest BCUT2D eigenvalue weighted by atomic mass is 16.5. The molecule has 1 N–H and O–H groups in total. The molecule has 26 heavy (non-hydrogen) atoms. The molecule has 1 amide bonds. The second-order valence-corrected chi connectivity index (χ2v) is 7.75. The van der Waals surface area contributed by atoms with E-state index in [1.807, 2.05) is 6.92 Å².